The second kappa shape index (κ2) is 5.12. The number of nitrogens with zero attached hydrogens (tertiary/aromatic N) is 3. The minimum Gasteiger partial charge on any atom is -0.363 e. The minimum atomic E-state index is -0.402. The Morgan fingerprint density at radius 3 is 2.62 bits per heavy atom. The molecule has 0 saturated heterocycles. The largest absolute Gasteiger partial charge is 0.363 e. The van der Waals surface area contributed by atoms with Gasteiger partial charge in [0, 0.05) is 36.1 Å². The van der Waals surface area contributed by atoms with Crippen molar-refractivity contribution in [2.24, 2.45) is 0 Å². The first-order valence-corrected chi connectivity index (χ1v) is 6.87. The molecule has 0 aliphatic heterocycles. The van der Waals surface area contributed by atoms with Crippen molar-refractivity contribution in [2.45, 2.75) is 25.2 Å². The van der Waals surface area contributed by atoms with Gasteiger partial charge in [-0.05, 0) is 43.5 Å². The van der Waals surface area contributed by atoms with Crippen molar-refractivity contribution in [3.05, 3.63) is 58.0 Å². The lowest BCUT2D eigenvalue weighted by atomic mass is 9.97. The lowest BCUT2D eigenvalue weighted by molar-refractivity contribution is -0.384. The molecule has 0 radical (unpaired) electrons. The van der Waals surface area contributed by atoms with Crippen LogP contribution in [0, 0.1) is 17.0 Å². The zero-order valence-electron chi connectivity index (χ0n) is 11.7. The lowest BCUT2D eigenvalue weighted by Gasteiger charge is -2.16. The molecule has 2 aromatic heterocycles. The molecule has 0 bridgehead atoms. The monoisotopic (exact) mass is 284 g/mol. The molecule has 6 heteroatoms. The van der Waals surface area contributed by atoms with Crippen LogP contribution in [-0.2, 0) is 5.41 Å². The second-order valence-electron chi connectivity index (χ2n) is 5.45. The van der Waals surface area contributed by atoms with Gasteiger partial charge >= 0.3 is 5.69 Å². The standard InChI is InChI=1S/C15H16N4O2/c1-11-2-3-13(19(20)21)14(18-11)17-10-15(6-7-15)12-4-8-16-9-5-12/h2-5,8-9H,6-7,10H2,1H3,(H,17,18). The highest BCUT2D eigenvalue weighted by atomic mass is 16.6. The van der Waals surface area contributed by atoms with E-state index in [-0.39, 0.29) is 11.1 Å². The summed E-state index contributed by atoms with van der Waals surface area (Å²) >= 11 is 0. The third-order valence-electron chi connectivity index (χ3n) is 3.95. The Kier molecular flexibility index (Phi) is 3.29. The summed E-state index contributed by atoms with van der Waals surface area (Å²) in [5, 5.41) is 14.2. The van der Waals surface area contributed by atoms with Gasteiger partial charge in [0.2, 0.25) is 5.82 Å². The predicted octanol–water partition coefficient (Wildman–Crippen LogP) is 2.84. The van der Waals surface area contributed by atoms with Gasteiger partial charge in [-0.25, -0.2) is 4.98 Å². The molecule has 3 rings (SSSR count). The molecule has 2 aromatic rings. The maximum atomic E-state index is 11.1. The van der Waals surface area contributed by atoms with Gasteiger partial charge in [-0.15, -0.1) is 0 Å². The molecule has 1 saturated carbocycles. The Balaban J connectivity index is 1.80. The summed E-state index contributed by atoms with van der Waals surface area (Å²) in [5.74, 6) is 0.348. The van der Waals surface area contributed by atoms with E-state index < -0.39 is 4.92 Å². The van der Waals surface area contributed by atoms with Crippen LogP contribution in [0.3, 0.4) is 0 Å². The normalized spacial score (nSPS) is 15.5. The van der Waals surface area contributed by atoms with E-state index in [9.17, 15) is 10.1 Å². The molecular weight excluding hydrogens is 268 g/mol. The first-order chi connectivity index (χ1) is 10.1. The zero-order valence-corrected chi connectivity index (χ0v) is 11.7. The van der Waals surface area contributed by atoms with E-state index in [2.05, 4.69) is 15.3 Å². The average Bonchev–Trinajstić information content (AvgIpc) is 3.27. The molecular formula is C15H16N4O2. The lowest BCUT2D eigenvalue weighted by Crippen LogP contribution is -2.20. The van der Waals surface area contributed by atoms with E-state index >= 15 is 0 Å². The molecule has 1 aliphatic carbocycles. The van der Waals surface area contributed by atoms with Crippen molar-refractivity contribution in [2.75, 3.05) is 11.9 Å². The molecule has 21 heavy (non-hydrogen) atoms. The summed E-state index contributed by atoms with van der Waals surface area (Å²) in [4.78, 5) is 18.9. The van der Waals surface area contributed by atoms with E-state index in [1.165, 1.54) is 11.6 Å². The van der Waals surface area contributed by atoms with Crippen molar-refractivity contribution >= 4 is 11.5 Å². The molecule has 2 heterocycles. The molecule has 1 aliphatic rings. The van der Waals surface area contributed by atoms with E-state index in [4.69, 9.17) is 0 Å². The van der Waals surface area contributed by atoms with Crippen LogP contribution in [0.15, 0.2) is 36.7 Å². The summed E-state index contributed by atoms with van der Waals surface area (Å²) in [7, 11) is 0. The molecule has 0 amide bonds. The summed E-state index contributed by atoms with van der Waals surface area (Å²) in [6, 6.07) is 7.16. The second-order valence-corrected chi connectivity index (χ2v) is 5.45. The molecule has 0 aromatic carbocycles. The SMILES string of the molecule is Cc1ccc([N+](=O)[O-])c(NCC2(c3ccncc3)CC2)n1. The van der Waals surface area contributed by atoms with Crippen LogP contribution in [0.25, 0.3) is 0 Å². The number of rotatable bonds is 5. The Morgan fingerprint density at radius 1 is 1.29 bits per heavy atom. The van der Waals surface area contributed by atoms with Crippen LogP contribution >= 0.6 is 0 Å². The number of anilines is 1. The molecule has 1 N–H and O–H groups in total. The average molecular weight is 284 g/mol. The zero-order chi connectivity index (χ0) is 14.9. The summed E-state index contributed by atoms with van der Waals surface area (Å²) in [6.07, 6.45) is 5.71. The third-order valence-corrected chi connectivity index (χ3v) is 3.95. The number of hydrogen-bond acceptors (Lipinski definition) is 5. The van der Waals surface area contributed by atoms with Gasteiger partial charge in [0.15, 0.2) is 0 Å². The van der Waals surface area contributed by atoms with Crippen molar-refractivity contribution in [3.8, 4) is 0 Å². The summed E-state index contributed by atoms with van der Waals surface area (Å²) in [6.45, 7) is 2.47. The van der Waals surface area contributed by atoms with Gasteiger partial charge in [0.25, 0.3) is 0 Å². The Bertz CT molecular complexity index is 669. The van der Waals surface area contributed by atoms with Gasteiger partial charge < -0.3 is 5.32 Å². The molecule has 0 atom stereocenters. The van der Waals surface area contributed by atoms with Crippen LogP contribution in [0.4, 0.5) is 11.5 Å². The molecule has 1 fully saturated rings. The molecule has 0 spiro atoms. The number of nitro groups is 1. The highest BCUT2D eigenvalue weighted by Crippen LogP contribution is 2.48. The first-order valence-electron chi connectivity index (χ1n) is 6.87. The van der Waals surface area contributed by atoms with E-state index in [1.54, 1.807) is 18.5 Å². The van der Waals surface area contributed by atoms with E-state index in [0.29, 0.717) is 12.4 Å². The molecule has 6 nitrogen and oxygen atoms in total. The quantitative estimate of drug-likeness (QED) is 0.674. The van der Waals surface area contributed by atoms with Gasteiger partial charge in [-0.2, -0.15) is 0 Å². The van der Waals surface area contributed by atoms with Crippen LogP contribution < -0.4 is 5.32 Å². The number of pyridine rings is 2. The Hall–Kier alpha value is -2.50. The van der Waals surface area contributed by atoms with Crippen LogP contribution in [0.2, 0.25) is 0 Å². The number of aromatic nitrogens is 2. The van der Waals surface area contributed by atoms with Gasteiger partial charge in [-0.1, -0.05) is 0 Å². The van der Waals surface area contributed by atoms with Crippen molar-refractivity contribution in [3.63, 3.8) is 0 Å². The Morgan fingerprint density at radius 2 is 2.00 bits per heavy atom. The number of aryl methyl sites for hydroxylation is 1. The predicted molar refractivity (Wildman–Crippen MR) is 79.3 cm³/mol. The summed E-state index contributed by atoms with van der Waals surface area (Å²) < 4.78 is 0. The maximum Gasteiger partial charge on any atom is 0.311 e. The highest BCUT2D eigenvalue weighted by Gasteiger charge is 2.44. The fourth-order valence-electron chi connectivity index (χ4n) is 2.50. The Labute approximate surface area is 122 Å². The minimum absolute atomic E-state index is 0.0196. The fraction of sp³-hybridized carbons (Fsp3) is 0.333. The molecule has 108 valence electrons. The van der Waals surface area contributed by atoms with Crippen molar-refractivity contribution < 1.29 is 4.92 Å². The van der Waals surface area contributed by atoms with Gasteiger partial charge in [0.05, 0.1) is 4.92 Å². The van der Waals surface area contributed by atoms with Crippen LogP contribution in [0.1, 0.15) is 24.1 Å². The van der Waals surface area contributed by atoms with Crippen molar-refractivity contribution in [1.29, 1.82) is 0 Å². The van der Waals surface area contributed by atoms with Gasteiger partial charge in [0.1, 0.15) is 0 Å². The smallest absolute Gasteiger partial charge is 0.311 e. The van der Waals surface area contributed by atoms with E-state index in [1.807, 2.05) is 19.1 Å². The highest BCUT2D eigenvalue weighted by molar-refractivity contribution is 5.56. The first kappa shape index (κ1) is 13.5. The maximum absolute atomic E-state index is 11.1. The van der Waals surface area contributed by atoms with Gasteiger partial charge in [-0.3, -0.25) is 15.1 Å². The number of nitrogens with one attached hydrogen (secondary N) is 1. The van der Waals surface area contributed by atoms with Crippen LogP contribution in [-0.4, -0.2) is 21.4 Å². The number of hydrogen-bond donors (Lipinski definition) is 1. The fourth-order valence-corrected chi connectivity index (χ4v) is 2.50. The molecule has 0 unspecified atom stereocenters. The summed E-state index contributed by atoms with van der Waals surface area (Å²) in [5.41, 5.74) is 2.06. The third kappa shape index (κ3) is 2.69. The van der Waals surface area contributed by atoms with Crippen molar-refractivity contribution in [1.82, 2.24) is 9.97 Å². The topological polar surface area (TPSA) is 81.0 Å². The van der Waals surface area contributed by atoms with E-state index in [0.717, 1.165) is 18.5 Å². The van der Waals surface area contributed by atoms with Crippen LogP contribution in [0.5, 0.6) is 0 Å².